The van der Waals surface area contributed by atoms with Crippen LogP contribution in [0.5, 0.6) is 11.5 Å². The third kappa shape index (κ3) is 3.94. The van der Waals surface area contributed by atoms with Crippen LogP contribution in [0.4, 0.5) is 0 Å². The number of likely N-dealkylation sites (tertiary alicyclic amines) is 1. The molecular weight excluding hydrogens is 386 g/mol. The number of phenolic OH excluding ortho intramolecular Hbond substituents is 1. The lowest BCUT2D eigenvalue weighted by molar-refractivity contribution is -0.130. The molecule has 1 aromatic heterocycles. The van der Waals surface area contributed by atoms with Crippen molar-refractivity contribution in [1.29, 1.82) is 0 Å². The van der Waals surface area contributed by atoms with E-state index >= 15 is 0 Å². The first-order valence-corrected chi connectivity index (χ1v) is 11.1. The zero-order chi connectivity index (χ0) is 20.4. The molecule has 0 bridgehead atoms. The van der Waals surface area contributed by atoms with Crippen LogP contribution >= 0.6 is 11.8 Å². The minimum atomic E-state index is 0.100. The maximum atomic E-state index is 12.4. The topological polar surface area (TPSA) is 62.9 Å². The number of fused-ring (bicyclic) bond motifs is 1. The van der Waals surface area contributed by atoms with Gasteiger partial charge in [-0.15, -0.1) is 11.8 Å². The number of thioether (sulfide) groups is 1. The van der Waals surface area contributed by atoms with Crippen LogP contribution in [-0.2, 0) is 11.2 Å². The molecule has 29 heavy (non-hydrogen) atoms. The summed E-state index contributed by atoms with van der Waals surface area (Å²) in [5, 5.41) is 10.9. The van der Waals surface area contributed by atoms with Gasteiger partial charge in [0.1, 0.15) is 11.3 Å². The average molecular weight is 412 g/mol. The molecule has 1 amide bonds. The minimum absolute atomic E-state index is 0.100. The summed E-state index contributed by atoms with van der Waals surface area (Å²) in [6.07, 6.45) is 5.53. The van der Waals surface area contributed by atoms with Crippen LogP contribution in [0.3, 0.4) is 0 Å². The summed E-state index contributed by atoms with van der Waals surface area (Å²) < 4.78 is 11.4. The van der Waals surface area contributed by atoms with E-state index < -0.39 is 0 Å². The van der Waals surface area contributed by atoms with Crippen molar-refractivity contribution in [2.45, 2.75) is 30.6 Å². The van der Waals surface area contributed by atoms with Crippen LogP contribution in [0.1, 0.15) is 24.8 Å². The monoisotopic (exact) mass is 411 g/mol. The molecule has 1 fully saturated rings. The molecule has 6 heteroatoms. The van der Waals surface area contributed by atoms with Crippen molar-refractivity contribution in [2.24, 2.45) is 0 Å². The molecule has 0 radical (unpaired) electrons. The molecule has 152 valence electrons. The van der Waals surface area contributed by atoms with Gasteiger partial charge in [-0.3, -0.25) is 4.79 Å². The fourth-order valence-electron chi connectivity index (χ4n) is 3.87. The number of aryl methyl sites for hydroxylation is 1. The molecule has 5 nitrogen and oxygen atoms in total. The minimum Gasteiger partial charge on any atom is -0.504 e. The summed E-state index contributed by atoms with van der Waals surface area (Å²) in [4.78, 5) is 15.4. The molecule has 0 aliphatic carbocycles. The molecule has 1 aliphatic rings. The Hall–Kier alpha value is -2.60. The number of ether oxygens (including phenoxy) is 1. The van der Waals surface area contributed by atoms with Gasteiger partial charge in [-0.1, -0.05) is 6.07 Å². The number of hydrogen-bond donors (Lipinski definition) is 1. The van der Waals surface area contributed by atoms with Gasteiger partial charge in [0.15, 0.2) is 11.5 Å². The zero-order valence-corrected chi connectivity index (χ0v) is 17.6. The first-order chi connectivity index (χ1) is 14.1. The molecule has 4 rings (SSSR count). The Balaban J connectivity index is 1.62. The fourth-order valence-corrected chi connectivity index (χ4v) is 4.59. The number of carbonyl (C=O) groups is 1. The molecule has 1 N–H and O–H groups in total. The number of nitrogens with zero attached hydrogens (tertiary/aromatic N) is 1. The van der Waals surface area contributed by atoms with Gasteiger partial charge in [0.25, 0.3) is 0 Å². The summed E-state index contributed by atoms with van der Waals surface area (Å²) in [5.41, 5.74) is 2.80. The van der Waals surface area contributed by atoms with Crippen molar-refractivity contribution in [2.75, 3.05) is 26.5 Å². The number of methoxy groups -OCH3 is 1. The van der Waals surface area contributed by atoms with Gasteiger partial charge >= 0.3 is 0 Å². The second kappa shape index (κ2) is 8.41. The van der Waals surface area contributed by atoms with Crippen LogP contribution < -0.4 is 4.74 Å². The van der Waals surface area contributed by atoms with Gasteiger partial charge in [0.05, 0.1) is 12.0 Å². The molecule has 1 aliphatic heterocycles. The molecule has 0 saturated carbocycles. The molecule has 0 spiro atoms. The van der Waals surface area contributed by atoms with Gasteiger partial charge in [0, 0.05) is 30.5 Å². The largest absolute Gasteiger partial charge is 0.504 e. The second-order valence-corrected chi connectivity index (χ2v) is 8.09. The average Bonchev–Trinajstić information content (AvgIpc) is 3.40. The number of furan rings is 1. The molecule has 2 heterocycles. The van der Waals surface area contributed by atoms with Gasteiger partial charge in [0.2, 0.25) is 5.91 Å². The highest BCUT2D eigenvalue weighted by Crippen LogP contribution is 2.42. The van der Waals surface area contributed by atoms with E-state index in [-0.39, 0.29) is 11.7 Å². The number of rotatable bonds is 6. The molecule has 1 saturated heterocycles. The van der Waals surface area contributed by atoms with Crippen molar-refractivity contribution in [3.05, 3.63) is 42.0 Å². The van der Waals surface area contributed by atoms with Crippen molar-refractivity contribution in [3.8, 4) is 22.8 Å². The first kappa shape index (κ1) is 19.7. The lowest BCUT2D eigenvalue weighted by atomic mass is 10.1. The Morgan fingerprint density at radius 2 is 2.00 bits per heavy atom. The van der Waals surface area contributed by atoms with E-state index in [9.17, 15) is 9.90 Å². The normalized spacial score (nSPS) is 13.9. The Kier molecular flexibility index (Phi) is 5.72. The summed E-state index contributed by atoms with van der Waals surface area (Å²) >= 11 is 1.63. The van der Waals surface area contributed by atoms with Crippen LogP contribution in [0.15, 0.2) is 45.7 Å². The van der Waals surface area contributed by atoms with Crippen molar-refractivity contribution in [1.82, 2.24) is 4.90 Å². The van der Waals surface area contributed by atoms with Crippen molar-refractivity contribution >= 4 is 28.6 Å². The van der Waals surface area contributed by atoms with Crippen LogP contribution in [0.25, 0.3) is 22.3 Å². The van der Waals surface area contributed by atoms with E-state index in [1.165, 1.54) is 7.11 Å². The van der Waals surface area contributed by atoms with E-state index in [0.29, 0.717) is 12.2 Å². The number of benzene rings is 2. The third-order valence-corrected chi connectivity index (χ3v) is 6.25. The fraction of sp³-hybridized carbons (Fsp3) is 0.348. The van der Waals surface area contributed by atoms with Crippen LogP contribution in [0, 0.1) is 0 Å². The Morgan fingerprint density at radius 1 is 1.21 bits per heavy atom. The molecule has 0 unspecified atom stereocenters. The van der Waals surface area contributed by atoms with E-state index in [1.807, 2.05) is 29.4 Å². The Labute approximate surface area is 174 Å². The van der Waals surface area contributed by atoms with Gasteiger partial charge in [-0.05, 0) is 61.4 Å². The zero-order valence-electron chi connectivity index (χ0n) is 16.7. The van der Waals surface area contributed by atoms with Crippen molar-refractivity contribution in [3.63, 3.8) is 0 Å². The lowest BCUT2D eigenvalue weighted by Gasteiger charge is -2.14. The molecule has 3 aromatic rings. The number of hydrogen-bond acceptors (Lipinski definition) is 5. The quantitative estimate of drug-likeness (QED) is 0.573. The smallest absolute Gasteiger partial charge is 0.222 e. The highest BCUT2D eigenvalue weighted by Gasteiger charge is 2.19. The molecule has 2 aromatic carbocycles. The molecule has 0 atom stereocenters. The number of carbonyl (C=O) groups excluding carboxylic acids is 1. The second-order valence-electron chi connectivity index (χ2n) is 7.27. The summed E-state index contributed by atoms with van der Waals surface area (Å²) in [7, 11) is 1.53. The lowest BCUT2D eigenvalue weighted by Crippen LogP contribution is -2.27. The maximum Gasteiger partial charge on any atom is 0.222 e. The van der Waals surface area contributed by atoms with Crippen molar-refractivity contribution < 1.29 is 19.1 Å². The Bertz CT molecular complexity index is 1040. The van der Waals surface area contributed by atoms with Gasteiger partial charge < -0.3 is 19.2 Å². The number of phenols is 1. The predicted octanol–water partition coefficient (Wildman–Crippen LogP) is 5.09. The summed E-state index contributed by atoms with van der Waals surface area (Å²) in [6, 6.07) is 11.4. The van der Waals surface area contributed by atoms with Gasteiger partial charge in [-0.2, -0.15) is 0 Å². The third-order valence-electron chi connectivity index (χ3n) is 5.44. The first-order valence-electron chi connectivity index (χ1n) is 9.85. The number of amides is 1. The van der Waals surface area contributed by atoms with Crippen LogP contribution in [0.2, 0.25) is 0 Å². The van der Waals surface area contributed by atoms with E-state index in [2.05, 4.69) is 6.07 Å². The van der Waals surface area contributed by atoms with E-state index in [4.69, 9.17) is 9.15 Å². The molecular formula is C23H25NO4S. The van der Waals surface area contributed by atoms with E-state index in [0.717, 1.165) is 65.1 Å². The standard InChI is InChI=1S/C23H25NO4S/c1-27-20-14-16(7-8-18(20)25)22-23(29-2)17-13-15(5-9-19(17)28-22)6-10-21(26)24-11-3-4-12-24/h5,7-9,13-14,25H,3-4,6,10-12H2,1-2H3. The maximum absolute atomic E-state index is 12.4. The summed E-state index contributed by atoms with van der Waals surface area (Å²) in [5.74, 6) is 1.52. The SMILES string of the molecule is COc1cc(-c2oc3ccc(CCC(=O)N4CCCC4)cc3c2SC)ccc1O. The highest BCUT2D eigenvalue weighted by atomic mass is 32.2. The van der Waals surface area contributed by atoms with Gasteiger partial charge in [-0.25, -0.2) is 0 Å². The predicted molar refractivity (Wildman–Crippen MR) is 116 cm³/mol. The Morgan fingerprint density at radius 3 is 2.72 bits per heavy atom. The van der Waals surface area contributed by atoms with Crippen LogP contribution in [-0.4, -0.2) is 42.4 Å². The van der Waals surface area contributed by atoms with E-state index in [1.54, 1.807) is 23.9 Å². The highest BCUT2D eigenvalue weighted by molar-refractivity contribution is 7.99. The summed E-state index contributed by atoms with van der Waals surface area (Å²) in [6.45, 7) is 1.80. The number of aromatic hydroxyl groups is 1.